The maximum atomic E-state index is 2.47. The van der Waals surface area contributed by atoms with Gasteiger partial charge in [0.25, 0.3) is 0 Å². The Hall–Kier alpha value is -7.26. The maximum Gasteiger partial charge on any atom is 0.0714 e. The molecule has 0 saturated heterocycles. The molecule has 0 fully saturated rings. The summed E-state index contributed by atoms with van der Waals surface area (Å²) in [6, 6.07) is 83.1. The molecular weight excluding hydrogens is 731 g/mol. The van der Waals surface area contributed by atoms with Crippen LogP contribution in [0, 0.1) is 0 Å². The summed E-state index contributed by atoms with van der Waals surface area (Å²) in [5.41, 5.74) is 13.0. The van der Waals surface area contributed by atoms with E-state index in [-0.39, 0.29) is 0 Å². The average molecular weight is 768 g/mol. The second kappa shape index (κ2) is 13.4. The molecule has 0 bridgehead atoms. The predicted molar refractivity (Wildman–Crippen MR) is 252 cm³/mol. The van der Waals surface area contributed by atoms with Gasteiger partial charge < -0.3 is 4.90 Å². The Morgan fingerprint density at radius 1 is 0.322 bits per heavy atom. The number of hydrogen-bond acceptors (Lipinski definition) is 2. The molecule has 0 N–H and O–H groups in total. The average Bonchev–Trinajstić information content (AvgIpc) is 3.83. The molecule has 0 unspecified atom stereocenters. The Balaban J connectivity index is 1.08. The summed E-state index contributed by atoms with van der Waals surface area (Å²) in [5.74, 6) is 0. The molecular formula is C57H37NS. The highest BCUT2D eigenvalue weighted by Gasteiger charge is 2.46. The minimum atomic E-state index is -0.493. The van der Waals surface area contributed by atoms with Crippen LogP contribution in [0.5, 0.6) is 0 Å². The third kappa shape index (κ3) is 5.17. The number of benzene rings is 10. The topological polar surface area (TPSA) is 3.24 Å². The zero-order valence-electron chi connectivity index (χ0n) is 32.2. The summed E-state index contributed by atoms with van der Waals surface area (Å²) in [4.78, 5) is 2.45. The van der Waals surface area contributed by atoms with Crippen molar-refractivity contribution in [1.82, 2.24) is 0 Å². The van der Waals surface area contributed by atoms with Crippen LogP contribution in [0.15, 0.2) is 224 Å². The molecule has 1 aromatic heterocycles. The molecule has 1 aliphatic carbocycles. The molecule has 1 nitrogen and oxygen atoms in total. The Morgan fingerprint density at radius 3 is 1.66 bits per heavy atom. The molecule has 0 spiro atoms. The first-order chi connectivity index (χ1) is 29.3. The van der Waals surface area contributed by atoms with E-state index in [2.05, 4.69) is 229 Å². The summed E-state index contributed by atoms with van der Waals surface area (Å²) in [5, 5.41) is 7.69. The molecule has 10 aromatic carbocycles. The van der Waals surface area contributed by atoms with Gasteiger partial charge in [0, 0.05) is 37.2 Å². The fraction of sp³-hybridized carbons (Fsp3) is 0.0175. The first kappa shape index (κ1) is 33.8. The summed E-state index contributed by atoms with van der Waals surface area (Å²) in [6.07, 6.45) is 0. The summed E-state index contributed by atoms with van der Waals surface area (Å²) in [6.45, 7) is 0. The highest BCUT2D eigenvalue weighted by atomic mass is 32.1. The Bertz CT molecular complexity index is 3340. The fourth-order valence-electron chi connectivity index (χ4n) is 9.96. The lowest BCUT2D eigenvalue weighted by molar-refractivity contribution is 0.768. The van der Waals surface area contributed by atoms with Crippen LogP contribution < -0.4 is 4.90 Å². The van der Waals surface area contributed by atoms with Gasteiger partial charge >= 0.3 is 0 Å². The first-order valence-electron chi connectivity index (χ1n) is 20.3. The SMILES string of the molecule is c1ccc(C2(c3ccccc3)c3ccccc3-c3ccc(N(c4ccc(-c5cc6ccccc6c6ccccc56)cc4)c4ccc5c(c4)sc4ccccc45)cc32)cc1. The van der Waals surface area contributed by atoms with E-state index >= 15 is 0 Å². The van der Waals surface area contributed by atoms with Crippen LogP contribution >= 0.6 is 11.3 Å². The molecule has 276 valence electrons. The monoisotopic (exact) mass is 767 g/mol. The minimum absolute atomic E-state index is 0.493. The van der Waals surface area contributed by atoms with Crippen LogP contribution in [0.2, 0.25) is 0 Å². The zero-order chi connectivity index (χ0) is 38.9. The Labute approximate surface area is 347 Å². The van der Waals surface area contributed by atoms with Crippen LogP contribution in [0.25, 0.3) is 64.0 Å². The zero-order valence-corrected chi connectivity index (χ0v) is 33.0. The number of hydrogen-bond donors (Lipinski definition) is 0. The van der Waals surface area contributed by atoms with Crippen molar-refractivity contribution in [3.05, 3.63) is 247 Å². The molecule has 0 radical (unpaired) electrons. The number of fused-ring (bicyclic) bond motifs is 9. The van der Waals surface area contributed by atoms with E-state index < -0.39 is 5.41 Å². The van der Waals surface area contributed by atoms with Crippen molar-refractivity contribution in [2.45, 2.75) is 5.41 Å². The van der Waals surface area contributed by atoms with Crippen LogP contribution in [-0.4, -0.2) is 0 Å². The van der Waals surface area contributed by atoms with Gasteiger partial charge in [0.1, 0.15) is 0 Å². The first-order valence-corrected chi connectivity index (χ1v) is 21.2. The van der Waals surface area contributed by atoms with E-state index in [1.165, 1.54) is 86.2 Å². The van der Waals surface area contributed by atoms with Crippen molar-refractivity contribution in [3.63, 3.8) is 0 Å². The van der Waals surface area contributed by atoms with E-state index in [9.17, 15) is 0 Å². The Morgan fingerprint density at radius 2 is 0.881 bits per heavy atom. The summed E-state index contributed by atoms with van der Waals surface area (Å²) in [7, 11) is 0. The van der Waals surface area contributed by atoms with Gasteiger partial charge in [-0.15, -0.1) is 11.3 Å². The number of anilines is 3. The molecule has 0 atom stereocenters. The predicted octanol–water partition coefficient (Wildman–Crippen LogP) is 15.9. The van der Waals surface area contributed by atoms with Crippen molar-refractivity contribution >= 4 is 70.1 Å². The van der Waals surface area contributed by atoms with Crippen LogP contribution in [0.3, 0.4) is 0 Å². The van der Waals surface area contributed by atoms with Gasteiger partial charge in [-0.1, -0.05) is 176 Å². The molecule has 59 heavy (non-hydrogen) atoms. The lowest BCUT2D eigenvalue weighted by atomic mass is 9.67. The smallest absolute Gasteiger partial charge is 0.0714 e. The van der Waals surface area contributed by atoms with E-state index in [1.807, 2.05) is 11.3 Å². The molecule has 0 amide bonds. The quantitative estimate of drug-likeness (QED) is 0.152. The lowest BCUT2D eigenvalue weighted by Gasteiger charge is -2.35. The van der Waals surface area contributed by atoms with Crippen molar-refractivity contribution in [2.75, 3.05) is 4.90 Å². The molecule has 11 aromatic rings. The van der Waals surface area contributed by atoms with Gasteiger partial charge in [-0.05, 0) is 115 Å². The van der Waals surface area contributed by atoms with Crippen LogP contribution in [-0.2, 0) is 5.41 Å². The standard InChI is InChI=1S/C57H37NS/c1-3-16-40(17-4-1)57(41-18-5-2-6-19-41)53-25-13-11-23-48(53)49-33-31-43(36-54(49)57)58(44-32-34-51-50-24-12-14-26-55(50)59-56(51)37-44)42-29-27-38(28-30-42)52-35-39-15-7-8-20-45(39)46-21-9-10-22-47(46)52/h1-37H. The summed E-state index contributed by atoms with van der Waals surface area (Å²) >= 11 is 1.86. The van der Waals surface area contributed by atoms with Crippen molar-refractivity contribution in [1.29, 1.82) is 0 Å². The van der Waals surface area contributed by atoms with E-state index in [4.69, 9.17) is 0 Å². The second-order valence-electron chi connectivity index (χ2n) is 15.6. The minimum Gasteiger partial charge on any atom is -0.310 e. The maximum absolute atomic E-state index is 2.47. The largest absolute Gasteiger partial charge is 0.310 e. The third-order valence-corrected chi connectivity index (χ3v) is 13.7. The molecule has 2 heteroatoms. The molecule has 0 aliphatic heterocycles. The highest BCUT2D eigenvalue weighted by Crippen LogP contribution is 2.57. The van der Waals surface area contributed by atoms with Crippen molar-refractivity contribution < 1.29 is 0 Å². The second-order valence-corrected chi connectivity index (χ2v) is 16.7. The van der Waals surface area contributed by atoms with Crippen LogP contribution in [0.1, 0.15) is 22.3 Å². The Kier molecular flexibility index (Phi) is 7.69. The lowest BCUT2D eigenvalue weighted by Crippen LogP contribution is -2.28. The third-order valence-electron chi connectivity index (χ3n) is 12.5. The van der Waals surface area contributed by atoms with Gasteiger partial charge in [0.05, 0.1) is 5.41 Å². The van der Waals surface area contributed by atoms with Crippen molar-refractivity contribution in [3.8, 4) is 22.3 Å². The normalized spacial score (nSPS) is 12.9. The summed E-state index contributed by atoms with van der Waals surface area (Å²) < 4.78 is 2.59. The van der Waals surface area contributed by atoms with Gasteiger partial charge in [-0.2, -0.15) is 0 Å². The van der Waals surface area contributed by atoms with Gasteiger partial charge in [-0.3, -0.25) is 0 Å². The highest BCUT2D eigenvalue weighted by molar-refractivity contribution is 7.25. The number of nitrogens with zero attached hydrogens (tertiary/aromatic N) is 1. The molecule has 12 rings (SSSR count). The number of thiophene rings is 1. The number of rotatable bonds is 6. The fourth-order valence-corrected chi connectivity index (χ4v) is 11.1. The molecule has 1 heterocycles. The molecule has 0 saturated carbocycles. The van der Waals surface area contributed by atoms with Crippen LogP contribution in [0.4, 0.5) is 17.1 Å². The molecule has 1 aliphatic rings. The van der Waals surface area contributed by atoms with E-state index in [0.717, 1.165) is 17.1 Å². The van der Waals surface area contributed by atoms with Gasteiger partial charge in [0.2, 0.25) is 0 Å². The van der Waals surface area contributed by atoms with Crippen molar-refractivity contribution in [2.24, 2.45) is 0 Å². The van der Waals surface area contributed by atoms with E-state index in [1.54, 1.807) is 0 Å². The van der Waals surface area contributed by atoms with Gasteiger partial charge in [-0.25, -0.2) is 0 Å². The van der Waals surface area contributed by atoms with Gasteiger partial charge in [0.15, 0.2) is 0 Å². The van der Waals surface area contributed by atoms with E-state index in [0.29, 0.717) is 0 Å².